The lowest BCUT2D eigenvalue weighted by Crippen LogP contribution is -1.84. The van der Waals surface area contributed by atoms with Crippen LogP contribution in [0.2, 0.25) is 5.02 Å². The summed E-state index contributed by atoms with van der Waals surface area (Å²) >= 11 is 5.74. The number of hydrogen-bond donors (Lipinski definition) is 2. The van der Waals surface area contributed by atoms with Gasteiger partial charge in [-0.15, -0.1) is 0 Å². The molecular formula is C9H8ClN3O. The second kappa shape index (κ2) is 3.77. The van der Waals surface area contributed by atoms with Gasteiger partial charge < -0.3 is 5.11 Å². The minimum Gasteiger partial charge on any atom is -0.388 e. The zero-order valence-corrected chi connectivity index (χ0v) is 7.99. The fraction of sp³-hybridized carbons (Fsp3) is 0.111. The Morgan fingerprint density at radius 2 is 2.00 bits per heavy atom. The minimum atomic E-state index is -0.138. The van der Waals surface area contributed by atoms with E-state index >= 15 is 0 Å². The number of hydrogen-bond acceptors (Lipinski definition) is 3. The van der Waals surface area contributed by atoms with Crippen molar-refractivity contribution in [3.05, 3.63) is 35.1 Å². The van der Waals surface area contributed by atoms with Crippen LogP contribution in [-0.2, 0) is 6.61 Å². The summed E-state index contributed by atoms with van der Waals surface area (Å²) in [6.07, 6.45) is 0. The number of aromatic nitrogens is 3. The Labute approximate surface area is 85.6 Å². The van der Waals surface area contributed by atoms with Crippen LogP contribution in [0.3, 0.4) is 0 Å². The molecule has 1 aromatic carbocycles. The first-order valence-corrected chi connectivity index (χ1v) is 4.45. The van der Waals surface area contributed by atoms with Crippen LogP contribution in [0.5, 0.6) is 0 Å². The predicted octanol–water partition coefficient (Wildman–Crippen LogP) is 1.62. The van der Waals surface area contributed by atoms with Crippen molar-refractivity contribution in [3.63, 3.8) is 0 Å². The molecule has 0 saturated carbocycles. The molecule has 2 rings (SSSR count). The van der Waals surface area contributed by atoms with E-state index in [4.69, 9.17) is 16.7 Å². The number of H-pyrrole nitrogens is 1. The van der Waals surface area contributed by atoms with Gasteiger partial charge in [0.2, 0.25) is 0 Å². The third-order valence-corrected chi connectivity index (χ3v) is 2.04. The summed E-state index contributed by atoms with van der Waals surface area (Å²) < 4.78 is 0. The molecule has 0 saturated heterocycles. The molecule has 0 amide bonds. The molecule has 2 aromatic rings. The summed E-state index contributed by atoms with van der Waals surface area (Å²) in [7, 11) is 0. The molecule has 0 aliphatic carbocycles. The fourth-order valence-corrected chi connectivity index (χ4v) is 1.22. The van der Waals surface area contributed by atoms with Crippen molar-refractivity contribution in [2.45, 2.75) is 6.61 Å². The molecule has 0 atom stereocenters. The van der Waals surface area contributed by atoms with E-state index in [-0.39, 0.29) is 6.61 Å². The van der Waals surface area contributed by atoms with Gasteiger partial charge in [0.25, 0.3) is 0 Å². The average Bonchev–Trinajstić information content (AvgIpc) is 2.67. The number of rotatable bonds is 2. The fourth-order valence-electron chi connectivity index (χ4n) is 1.09. The van der Waals surface area contributed by atoms with Crippen LogP contribution in [0.4, 0.5) is 0 Å². The highest BCUT2D eigenvalue weighted by Crippen LogP contribution is 2.17. The third kappa shape index (κ3) is 1.76. The number of halogens is 1. The lowest BCUT2D eigenvalue weighted by Gasteiger charge is -1.93. The largest absolute Gasteiger partial charge is 0.388 e. The van der Waals surface area contributed by atoms with Crippen LogP contribution in [-0.4, -0.2) is 20.3 Å². The van der Waals surface area contributed by atoms with E-state index < -0.39 is 0 Å². The normalized spacial score (nSPS) is 10.4. The van der Waals surface area contributed by atoms with Gasteiger partial charge in [-0.2, -0.15) is 5.10 Å². The highest BCUT2D eigenvalue weighted by atomic mass is 35.5. The first kappa shape index (κ1) is 9.18. The SMILES string of the molecule is OCc1nc(-c2ccc(Cl)cc2)n[nH]1. The lowest BCUT2D eigenvalue weighted by atomic mass is 10.2. The van der Waals surface area contributed by atoms with Crippen molar-refractivity contribution in [3.8, 4) is 11.4 Å². The van der Waals surface area contributed by atoms with Gasteiger partial charge in [0.05, 0.1) is 0 Å². The maximum atomic E-state index is 8.79. The second-order valence-electron chi connectivity index (χ2n) is 2.77. The molecule has 1 heterocycles. The number of aromatic amines is 1. The van der Waals surface area contributed by atoms with E-state index in [2.05, 4.69) is 15.2 Å². The van der Waals surface area contributed by atoms with E-state index in [0.29, 0.717) is 16.7 Å². The molecule has 0 aliphatic rings. The van der Waals surface area contributed by atoms with E-state index in [9.17, 15) is 0 Å². The summed E-state index contributed by atoms with van der Waals surface area (Å²) in [5.74, 6) is 1.01. The predicted molar refractivity (Wildman–Crippen MR) is 52.8 cm³/mol. The van der Waals surface area contributed by atoms with Gasteiger partial charge >= 0.3 is 0 Å². The molecular weight excluding hydrogens is 202 g/mol. The van der Waals surface area contributed by atoms with Crippen LogP contribution >= 0.6 is 11.6 Å². The topological polar surface area (TPSA) is 61.8 Å². The Morgan fingerprint density at radius 3 is 2.57 bits per heavy atom. The summed E-state index contributed by atoms with van der Waals surface area (Å²) in [4.78, 5) is 4.07. The number of aliphatic hydroxyl groups is 1. The molecule has 0 fully saturated rings. The minimum absolute atomic E-state index is 0.138. The van der Waals surface area contributed by atoms with Crippen molar-refractivity contribution in [2.75, 3.05) is 0 Å². The molecule has 0 unspecified atom stereocenters. The van der Waals surface area contributed by atoms with E-state index in [0.717, 1.165) is 5.56 Å². The van der Waals surface area contributed by atoms with Gasteiger partial charge in [-0.3, -0.25) is 5.10 Å². The molecule has 4 nitrogen and oxygen atoms in total. The summed E-state index contributed by atoms with van der Waals surface area (Å²) in [5.41, 5.74) is 0.866. The van der Waals surface area contributed by atoms with Crippen LogP contribution in [0.1, 0.15) is 5.82 Å². The lowest BCUT2D eigenvalue weighted by molar-refractivity contribution is 0.272. The molecule has 5 heteroatoms. The number of benzene rings is 1. The molecule has 0 spiro atoms. The van der Waals surface area contributed by atoms with Gasteiger partial charge in [-0.05, 0) is 24.3 Å². The molecule has 0 aliphatic heterocycles. The van der Waals surface area contributed by atoms with Crippen LogP contribution < -0.4 is 0 Å². The Hall–Kier alpha value is -1.39. The molecule has 0 radical (unpaired) electrons. The zero-order valence-electron chi connectivity index (χ0n) is 7.24. The molecule has 72 valence electrons. The standard InChI is InChI=1S/C9H8ClN3O/c10-7-3-1-6(2-4-7)9-11-8(5-14)12-13-9/h1-4,14H,5H2,(H,11,12,13). The van der Waals surface area contributed by atoms with Gasteiger partial charge in [0.1, 0.15) is 6.61 Å². The highest BCUT2D eigenvalue weighted by molar-refractivity contribution is 6.30. The maximum absolute atomic E-state index is 8.79. The maximum Gasteiger partial charge on any atom is 0.181 e. The average molecular weight is 210 g/mol. The number of nitrogens with one attached hydrogen (secondary N) is 1. The summed E-state index contributed by atoms with van der Waals surface area (Å²) in [6.45, 7) is -0.138. The van der Waals surface area contributed by atoms with Crippen LogP contribution in [0.15, 0.2) is 24.3 Å². The Balaban J connectivity index is 2.34. The van der Waals surface area contributed by atoms with E-state index in [1.54, 1.807) is 12.1 Å². The quantitative estimate of drug-likeness (QED) is 0.790. The zero-order chi connectivity index (χ0) is 9.97. The van der Waals surface area contributed by atoms with Gasteiger partial charge in [-0.1, -0.05) is 11.6 Å². The first-order chi connectivity index (χ1) is 6.79. The van der Waals surface area contributed by atoms with Crippen molar-refractivity contribution in [2.24, 2.45) is 0 Å². The van der Waals surface area contributed by atoms with Crippen LogP contribution in [0, 0.1) is 0 Å². The molecule has 2 N–H and O–H groups in total. The van der Waals surface area contributed by atoms with E-state index in [1.807, 2.05) is 12.1 Å². The summed E-state index contributed by atoms with van der Waals surface area (Å²) in [6, 6.07) is 7.19. The molecule has 1 aromatic heterocycles. The Morgan fingerprint density at radius 1 is 1.29 bits per heavy atom. The van der Waals surface area contributed by atoms with Crippen molar-refractivity contribution in [1.82, 2.24) is 15.2 Å². The smallest absolute Gasteiger partial charge is 0.181 e. The number of nitrogens with zero attached hydrogens (tertiary/aromatic N) is 2. The van der Waals surface area contributed by atoms with Crippen molar-refractivity contribution >= 4 is 11.6 Å². The second-order valence-corrected chi connectivity index (χ2v) is 3.21. The highest BCUT2D eigenvalue weighted by Gasteiger charge is 2.04. The Kier molecular flexibility index (Phi) is 2.47. The summed E-state index contributed by atoms with van der Waals surface area (Å²) in [5, 5.41) is 16.0. The molecule has 0 bridgehead atoms. The van der Waals surface area contributed by atoms with E-state index in [1.165, 1.54) is 0 Å². The van der Waals surface area contributed by atoms with Crippen molar-refractivity contribution in [1.29, 1.82) is 0 Å². The van der Waals surface area contributed by atoms with Gasteiger partial charge in [0.15, 0.2) is 11.6 Å². The number of aliphatic hydroxyl groups excluding tert-OH is 1. The first-order valence-electron chi connectivity index (χ1n) is 4.07. The Bertz CT molecular complexity index is 424. The van der Waals surface area contributed by atoms with Gasteiger partial charge in [0, 0.05) is 10.6 Å². The van der Waals surface area contributed by atoms with Crippen molar-refractivity contribution < 1.29 is 5.11 Å². The van der Waals surface area contributed by atoms with Crippen LogP contribution in [0.25, 0.3) is 11.4 Å². The van der Waals surface area contributed by atoms with Gasteiger partial charge in [-0.25, -0.2) is 4.98 Å². The third-order valence-electron chi connectivity index (χ3n) is 1.78. The monoisotopic (exact) mass is 209 g/mol. The molecule has 14 heavy (non-hydrogen) atoms.